The molecule has 1 aromatic carbocycles. The second kappa shape index (κ2) is 6.21. The fourth-order valence-electron chi connectivity index (χ4n) is 3.30. The zero-order chi connectivity index (χ0) is 16.4. The summed E-state index contributed by atoms with van der Waals surface area (Å²) >= 11 is 0. The number of hydrogen-bond donors (Lipinski definition) is 1. The van der Waals surface area contributed by atoms with Gasteiger partial charge in [0.2, 0.25) is 0 Å². The van der Waals surface area contributed by atoms with Crippen LogP contribution < -0.4 is 0 Å². The number of carboxylic acids is 1. The maximum atomic E-state index is 13.2. The van der Waals surface area contributed by atoms with Gasteiger partial charge >= 0.3 is 5.97 Å². The quantitative estimate of drug-likeness (QED) is 0.940. The van der Waals surface area contributed by atoms with Gasteiger partial charge in [-0.15, -0.1) is 0 Å². The highest BCUT2D eigenvalue weighted by molar-refractivity contribution is 5.71. The summed E-state index contributed by atoms with van der Waals surface area (Å²) in [6, 6.07) is 8.09. The number of aliphatic carboxylic acids is 1. The Morgan fingerprint density at radius 1 is 1.43 bits per heavy atom. The molecule has 1 aliphatic carbocycles. The minimum atomic E-state index is -0.846. The highest BCUT2D eigenvalue weighted by Gasteiger charge is 2.30. The Labute approximate surface area is 133 Å². The largest absolute Gasteiger partial charge is 0.481 e. The van der Waals surface area contributed by atoms with E-state index in [1.54, 1.807) is 16.8 Å². The van der Waals surface area contributed by atoms with Gasteiger partial charge in [0.15, 0.2) is 0 Å². The molecule has 118 valence electrons. The molecule has 0 saturated carbocycles. The van der Waals surface area contributed by atoms with Gasteiger partial charge in [-0.1, -0.05) is 0 Å². The fourth-order valence-corrected chi connectivity index (χ4v) is 3.30. The number of carbonyl (C=O) groups is 1. The number of aromatic nitrogens is 2. The van der Waals surface area contributed by atoms with Crippen LogP contribution >= 0.6 is 0 Å². The van der Waals surface area contributed by atoms with Crippen molar-refractivity contribution in [3.8, 4) is 17.3 Å². The van der Waals surface area contributed by atoms with Gasteiger partial charge in [0, 0.05) is 16.8 Å². The lowest BCUT2D eigenvalue weighted by Gasteiger charge is -2.22. The van der Waals surface area contributed by atoms with Crippen LogP contribution in [0.3, 0.4) is 0 Å². The first-order valence-corrected chi connectivity index (χ1v) is 7.54. The van der Waals surface area contributed by atoms with Gasteiger partial charge in [-0.05, 0) is 49.4 Å². The summed E-state index contributed by atoms with van der Waals surface area (Å²) in [5, 5.41) is 22.7. The fraction of sp³-hybridized carbons (Fsp3) is 0.353. The zero-order valence-corrected chi connectivity index (χ0v) is 12.5. The van der Waals surface area contributed by atoms with Crippen molar-refractivity contribution in [1.29, 1.82) is 5.26 Å². The van der Waals surface area contributed by atoms with Crippen LogP contribution in [0.25, 0.3) is 11.3 Å². The Kier molecular flexibility index (Phi) is 4.11. The van der Waals surface area contributed by atoms with Gasteiger partial charge in [0.05, 0.1) is 18.2 Å². The van der Waals surface area contributed by atoms with Crippen molar-refractivity contribution in [2.45, 2.75) is 38.1 Å². The molecule has 1 N–H and O–H groups in total. The molecule has 0 fully saturated rings. The molecule has 0 saturated heterocycles. The third-order valence-corrected chi connectivity index (χ3v) is 4.23. The number of nitriles is 1. The van der Waals surface area contributed by atoms with E-state index < -0.39 is 5.97 Å². The van der Waals surface area contributed by atoms with Gasteiger partial charge in [-0.3, -0.25) is 9.48 Å². The van der Waals surface area contributed by atoms with Crippen molar-refractivity contribution in [3.63, 3.8) is 0 Å². The second-order valence-electron chi connectivity index (χ2n) is 5.72. The van der Waals surface area contributed by atoms with Crippen LogP contribution in [-0.4, -0.2) is 20.9 Å². The molecule has 1 unspecified atom stereocenters. The molecule has 6 heteroatoms. The summed E-state index contributed by atoms with van der Waals surface area (Å²) in [7, 11) is 0. The van der Waals surface area contributed by atoms with E-state index in [1.165, 1.54) is 12.1 Å². The van der Waals surface area contributed by atoms with Gasteiger partial charge in [0.1, 0.15) is 12.4 Å². The molecule has 0 bridgehead atoms. The third-order valence-electron chi connectivity index (χ3n) is 4.23. The molecule has 3 rings (SSSR count). The van der Waals surface area contributed by atoms with Crippen molar-refractivity contribution >= 4 is 5.97 Å². The molecule has 0 spiro atoms. The maximum Gasteiger partial charge on any atom is 0.303 e. The average molecular weight is 313 g/mol. The molecule has 23 heavy (non-hydrogen) atoms. The number of fused-ring (bicyclic) bond motifs is 1. The summed E-state index contributed by atoms with van der Waals surface area (Å²) in [6.07, 6.45) is 2.48. The first-order chi connectivity index (χ1) is 11.1. The van der Waals surface area contributed by atoms with E-state index in [2.05, 4.69) is 11.2 Å². The summed E-state index contributed by atoms with van der Waals surface area (Å²) in [6.45, 7) is 0.128. The topological polar surface area (TPSA) is 78.9 Å². The smallest absolute Gasteiger partial charge is 0.303 e. The van der Waals surface area contributed by atoms with Crippen molar-refractivity contribution in [2.24, 2.45) is 0 Å². The lowest BCUT2D eigenvalue weighted by Crippen LogP contribution is -2.15. The average Bonchev–Trinajstić information content (AvgIpc) is 2.88. The molecule has 2 aromatic rings. The van der Waals surface area contributed by atoms with Crippen LogP contribution in [0.2, 0.25) is 0 Å². The molecule has 1 aromatic heterocycles. The summed E-state index contributed by atoms with van der Waals surface area (Å²) in [5.74, 6) is -1.30. The van der Waals surface area contributed by atoms with E-state index in [0.29, 0.717) is 5.69 Å². The van der Waals surface area contributed by atoms with E-state index >= 15 is 0 Å². The Balaban J connectivity index is 2.13. The van der Waals surface area contributed by atoms with Crippen LogP contribution in [0.4, 0.5) is 4.39 Å². The van der Waals surface area contributed by atoms with E-state index in [4.69, 9.17) is 5.26 Å². The zero-order valence-electron chi connectivity index (χ0n) is 12.5. The molecule has 0 radical (unpaired) electrons. The molecule has 1 heterocycles. The summed E-state index contributed by atoms with van der Waals surface area (Å²) in [5.41, 5.74) is 3.25. The number of halogens is 1. The minimum Gasteiger partial charge on any atom is -0.481 e. The highest BCUT2D eigenvalue weighted by atomic mass is 19.1. The highest BCUT2D eigenvalue weighted by Crippen LogP contribution is 2.40. The Morgan fingerprint density at radius 2 is 2.17 bits per heavy atom. The molecular formula is C17H16FN3O2. The van der Waals surface area contributed by atoms with Gasteiger partial charge in [-0.2, -0.15) is 10.4 Å². The second-order valence-corrected chi connectivity index (χ2v) is 5.72. The van der Waals surface area contributed by atoms with Gasteiger partial charge in [0.25, 0.3) is 0 Å². The predicted octanol–water partition coefficient (Wildman–Crippen LogP) is 3.11. The van der Waals surface area contributed by atoms with Crippen molar-refractivity contribution in [1.82, 2.24) is 9.78 Å². The number of benzene rings is 1. The van der Waals surface area contributed by atoms with E-state index in [1.807, 2.05) is 0 Å². The Hall–Kier alpha value is -2.68. The summed E-state index contributed by atoms with van der Waals surface area (Å²) in [4.78, 5) is 11.2. The third kappa shape index (κ3) is 2.95. The molecular weight excluding hydrogens is 297 g/mol. The molecule has 0 aliphatic heterocycles. The standard InChI is InChI=1S/C17H16FN3O2/c18-13-6-4-11(5-7-13)17-16-12(10-15(22)23)2-1-3-14(16)21(20-17)9-8-19/h4-7,12H,1-3,9-10H2,(H,22,23). The normalized spacial score (nSPS) is 16.6. The minimum absolute atomic E-state index is 0.0411. The van der Waals surface area contributed by atoms with Gasteiger partial charge in [-0.25, -0.2) is 4.39 Å². The van der Waals surface area contributed by atoms with Crippen molar-refractivity contribution in [3.05, 3.63) is 41.3 Å². The monoisotopic (exact) mass is 313 g/mol. The SMILES string of the molecule is N#CCn1nc(-c2ccc(F)cc2)c2c1CCCC2CC(=O)O. The van der Waals surface area contributed by atoms with Gasteiger partial charge < -0.3 is 5.11 Å². The molecule has 5 nitrogen and oxygen atoms in total. The van der Waals surface area contributed by atoms with Crippen molar-refractivity contribution in [2.75, 3.05) is 0 Å². The molecule has 1 aliphatic rings. The van der Waals surface area contributed by atoms with Crippen LogP contribution in [0.15, 0.2) is 24.3 Å². The number of hydrogen-bond acceptors (Lipinski definition) is 3. The predicted molar refractivity (Wildman–Crippen MR) is 81.2 cm³/mol. The number of nitrogens with zero attached hydrogens (tertiary/aromatic N) is 3. The lowest BCUT2D eigenvalue weighted by molar-refractivity contribution is -0.137. The Morgan fingerprint density at radius 3 is 2.83 bits per heavy atom. The first-order valence-electron chi connectivity index (χ1n) is 7.54. The van der Waals surface area contributed by atoms with Crippen LogP contribution in [0.1, 0.15) is 36.4 Å². The lowest BCUT2D eigenvalue weighted by atomic mass is 9.82. The van der Waals surface area contributed by atoms with Crippen LogP contribution in [0, 0.1) is 17.1 Å². The van der Waals surface area contributed by atoms with Crippen molar-refractivity contribution < 1.29 is 14.3 Å². The van der Waals surface area contributed by atoms with E-state index in [0.717, 1.165) is 36.1 Å². The van der Waals surface area contributed by atoms with E-state index in [9.17, 15) is 14.3 Å². The number of rotatable bonds is 4. The van der Waals surface area contributed by atoms with Crippen LogP contribution in [-0.2, 0) is 17.8 Å². The summed E-state index contributed by atoms with van der Waals surface area (Å²) < 4.78 is 14.8. The Bertz CT molecular complexity index is 774. The first kappa shape index (κ1) is 15.2. The maximum absolute atomic E-state index is 13.2. The molecule has 0 amide bonds. The number of carboxylic acid groups (broad SMARTS) is 1. The molecule has 1 atom stereocenters. The van der Waals surface area contributed by atoms with Crippen LogP contribution in [0.5, 0.6) is 0 Å². The van der Waals surface area contributed by atoms with E-state index in [-0.39, 0.29) is 24.7 Å².